The van der Waals surface area contributed by atoms with Crippen LogP contribution in [0.3, 0.4) is 0 Å². The van der Waals surface area contributed by atoms with E-state index in [0.29, 0.717) is 13.0 Å². The third-order valence-corrected chi connectivity index (χ3v) is 5.32. The first-order valence-electron chi connectivity index (χ1n) is 9.71. The lowest BCUT2D eigenvalue weighted by molar-refractivity contribution is -0.139. The molecule has 2 aliphatic rings. The Hall–Kier alpha value is -1.30. The van der Waals surface area contributed by atoms with Crippen molar-refractivity contribution in [3.63, 3.8) is 0 Å². The van der Waals surface area contributed by atoms with Crippen molar-refractivity contribution < 1.29 is 14.7 Å². The molecule has 4 atom stereocenters. The highest BCUT2D eigenvalue weighted by molar-refractivity contribution is 5.79. The highest BCUT2D eigenvalue weighted by Crippen LogP contribution is 2.28. The summed E-state index contributed by atoms with van der Waals surface area (Å²) in [6.07, 6.45) is 4.90. The molecular weight excluding hydrogens is 318 g/mol. The number of hydrogen-bond acceptors (Lipinski definition) is 3. The van der Waals surface area contributed by atoms with E-state index in [1.54, 1.807) is 0 Å². The molecule has 1 aliphatic heterocycles. The van der Waals surface area contributed by atoms with Crippen LogP contribution in [0.4, 0.5) is 4.79 Å². The van der Waals surface area contributed by atoms with Gasteiger partial charge in [-0.1, -0.05) is 6.42 Å². The highest BCUT2D eigenvalue weighted by Gasteiger charge is 2.33. The van der Waals surface area contributed by atoms with Crippen LogP contribution in [-0.2, 0) is 4.79 Å². The average molecular weight is 354 g/mol. The topological polar surface area (TPSA) is 81.7 Å². The van der Waals surface area contributed by atoms with Crippen LogP contribution in [-0.4, -0.2) is 52.7 Å². The number of nitrogens with zero attached hydrogens (tertiary/aromatic N) is 1. The molecule has 144 valence electrons. The summed E-state index contributed by atoms with van der Waals surface area (Å²) in [7, 11) is 0. The number of rotatable bonds is 3. The maximum absolute atomic E-state index is 12.8. The first-order chi connectivity index (χ1) is 11.7. The molecule has 6 nitrogen and oxygen atoms in total. The van der Waals surface area contributed by atoms with E-state index in [1.807, 2.05) is 32.6 Å². The smallest absolute Gasteiger partial charge is 0.315 e. The largest absolute Gasteiger partial charge is 0.393 e. The number of aliphatic hydroxyl groups is 1. The molecule has 0 unspecified atom stereocenters. The molecule has 1 saturated carbocycles. The van der Waals surface area contributed by atoms with Crippen molar-refractivity contribution in [3.8, 4) is 0 Å². The fourth-order valence-electron chi connectivity index (χ4n) is 3.97. The molecule has 0 aromatic carbocycles. The minimum atomic E-state index is -0.329. The SMILES string of the molecule is C[C@H](NC(=O)NC(C)(C)C)[C@@H]1CCCN(C(=O)[C@@H]2CCC[C@H](O)C2)C1. The monoisotopic (exact) mass is 353 g/mol. The Bertz CT molecular complexity index is 475. The summed E-state index contributed by atoms with van der Waals surface area (Å²) in [5.74, 6) is 0.432. The van der Waals surface area contributed by atoms with Crippen LogP contribution in [0.2, 0.25) is 0 Å². The molecule has 0 aromatic heterocycles. The average Bonchev–Trinajstić information content (AvgIpc) is 2.52. The van der Waals surface area contributed by atoms with Gasteiger partial charge in [-0.05, 0) is 65.7 Å². The Morgan fingerprint density at radius 1 is 1.16 bits per heavy atom. The van der Waals surface area contributed by atoms with Crippen molar-refractivity contribution in [2.45, 2.75) is 83.9 Å². The summed E-state index contributed by atoms with van der Waals surface area (Å²) < 4.78 is 0. The molecule has 0 spiro atoms. The van der Waals surface area contributed by atoms with E-state index < -0.39 is 0 Å². The minimum absolute atomic E-state index is 0.0231. The molecule has 0 bridgehead atoms. The zero-order chi connectivity index (χ0) is 18.6. The molecule has 6 heteroatoms. The number of urea groups is 1. The molecule has 2 fully saturated rings. The van der Waals surface area contributed by atoms with E-state index >= 15 is 0 Å². The predicted molar refractivity (Wildman–Crippen MR) is 98.2 cm³/mol. The van der Waals surface area contributed by atoms with Gasteiger partial charge in [0.25, 0.3) is 0 Å². The van der Waals surface area contributed by atoms with Gasteiger partial charge in [-0.25, -0.2) is 4.79 Å². The normalized spacial score (nSPS) is 29.0. The van der Waals surface area contributed by atoms with Crippen LogP contribution in [0.1, 0.15) is 66.2 Å². The maximum atomic E-state index is 12.8. The van der Waals surface area contributed by atoms with Gasteiger partial charge in [0.15, 0.2) is 0 Å². The molecule has 2 rings (SSSR count). The molecular formula is C19H35N3O3. The fourth-order valence-corrected chi connectivity index (χ4v) is 3.97. The zero-order valence-corrected chi connectivity index (χ0v) is 16.2. The molecule has 25 heavy (non-hydrogen) atoms. The summed E-state index contributed by atoms with van der Waals surface area (Å²) in [6, 6.07) is -0.131. The first kappa shape index (κ1) is 20.0. The van der Waals surface area contributed by atoms with Gasteiger partial charge in [0.2, 0.25) is 5.91 Å². The van der Waals surface area contributed by atoms with Gasteiger partial charge in [0.05, 0.1) is 6.10 Å². The molecule has 3 N–H and O–H groups in total. The van der Waals surface area contributed by atoms with Gasteiger partial charge in [0, 0.05) is 30.6 Å². The van der Waals surface area contributed by atoms with Crippen molar-refractivity contribution >= 4 is 11.9 Å². The third kappa shape index (κ3) is 6.17. The van der Waals surface area contributed by atoms with Crippen LogP contribution in [0.15, 0.2) is 0 Å². The van der Waals surface area contributed by atoms with Crippen molar-refractivity contribution in [1.82, 2.24) is 15.5 Å². The van der Waals surface area contributed by atoms with Crippen molar-refractivity contribution in [3.05, 3.63) is 0 Å². The third-order valence-electron chi connectivity index (χ3n) is 5.32. The fraction of sp³-hybridized carbons (Fsp3) is 0.895. The van der Waals surface area contributed by atoms with Gasteiger partial charge >= 0.3 is 6.03 Å². The van der Waals surface area contributed by atoms with Gasteiger partial charge in [-0.2, -0.15) is 0 Å². The first-order valence-corrected chi connectivity index (χ1v) is 9.71. The summed E-state index contributed by atoms with van der Waals surface area (Å²) in [4.78, 5) is 26.8. The maximum Gasteiger partial charge on any atom is 0.315 e. The lowest BCUT2D eigenvalue weighted by Gasteiger charge is -2.39. The van der Waals surface area contributed by atoms with Crippen molar-refractivity contribution in [2.75, 3.05) is 13.1 Å². The van der Waals surface area contributed by atoms with Crippen LogP contribution in [0, 0.1) is 11.8 Å². The van der Waals surface area contributed by atoms with E-state index in [1.165, 1.54) is 0 Å². The quantitative estimate of drug-likeness (QED) is 0.728. The van der Waals surface area contributed by atoms with Crippen LogP contribution >= 0.6 is 0 Å². The predicted octanol–water partition coefficient (Wildman–Crippen LogP) is 2.26. The minimum Gasteiger partial charge on any atom is -0.393 e. The Balaban J connectivity index is 1.87. The Kier molecular flexibility index (Phi) is 6.72. The number of piperidine rings is 1. The van der Waals surface area contributed by atoms with Gasteiger partial charge in [-0.15, -0.1) is 0 Å². The molecule has 0 aromatic rings. The van der Waals surface area contributed by atoms with Gasteiger partial charge in [0.1, 0.15) is 0 Å². The number of likely N-dealkylation sites (tertiary alicyclic amines) is 1. The second-order valence-corrected chi connectivity index (χ2v) is 8.84. The lowest BCUT2D eigenvalue weighted by atomic mass is 9.85. The Morgan fingerprint density at radius 2 is 1.88 bits per heavy atom. The van der Waals surface area contributed by atoms with E-state index in [4.69, 9.17) is 0 Å². The number of carbonyl (C=O) groups excluding carboxylic acids is 2. The van der Waals surface area contributed by atoms with Crippen molar-refractivity contribution in [1.29, 1.82) is 0 Å². The Morgan fingerprint density at radius 3 is 2.52 bits per heavy atom. The summed E-state index contributed by atoms with van der Waals surface area (Å²) >= 11 is 0. The highest BCUT2D eigenvalue weighted by atomic mass is 16.3. The van der Waals surface area contributed by atoms with Crippen LogP contribution < -0.4 is 10.6 Å². The second-order valence-electron chi connectivity index (χ2n) is 8.84. The molecule has 1 saturated heterocycles. The zero-order valence-electron chi connectivity index (χ0n) is 16.2. The van der Waals surface area contributed by atoms with E-state index in [0.717, 1.165) is 38.6 Å². The molecule has 3 amide bonds. The standard InChI is InChI=1S/C19H35N3O3/c1-13(20-18(25)21-19(2,3)4)15-8-6-10-22(12-15)17(24)14-7-5-9-16(23)11-14/h13-16,23H,5-12H2,1-4H3,(H2,20,21,25)/t13-,14+,15+,16-/m0/s1. The lowest BCUT2D eigenvalue weighted by Crippen LogP contribution is -2.53. The Labute approximate surface area is 151 Å². The van der Waals surface area contributed by atoms with Crippen LogP contribution in [0.25, 0.3) is 0 Å². The summed E-state index contributed by atoms with van der Waals surface area (Å²) in [5, 5.41) is 15.8. The van der Waals surface area contributed by atoms with Gasteiger partial charge < -0.3 is 20.6 Å². The number of amides is 3. The molecule has 0 radical (unpaired) electrons. The number of hydrogen-bond donors (Lipinski definition) is 3. The molecule has 1 heterocycles. The van der Waals surface area contributed by atoms with E-state index in [9.17, 15) is 14.7 Å². The number of nitrogens with one attached hydrogen (secondary N) is 2. The second kappa shape index (κ2) is 8.39. The summed E-state index contributed by atoms with van der Waals surface area (Å²) in [5.41, 5.74) is -0.264. The molecule has 1 aliphatic carbocycles. The number of aliphatic hydroxyl groups excluding tert-OH is 1. The van der Waals surface area contributed by atoms with E-state index in [2.05, 4.69) is 10.6 Å². The van der Waals surface area contributed by atoms with Crippen molar-refractivity contribution in [2.24, 2.45) is 11.8 Å². The van der Waals surface area contributed by atoms with Gasteiger partial charge in [-0.3, -0.25) is 4.79 Å². The van der Waals surface area contributed by atoms with Crippen LogP contribution in [0.5, 0.6) is 0 Å². The number of carbonyl (C=O) groups is 2. The summed E-state index contributed by atoms with van der Waals surface area (Å²) in [6.45, 7) is 9.38. The van der Waals surface area contributed by atoms with E-state index in [-0.39, 0.29) is 41.5 Å².